The van der Waals surface area contributed by atoms with Gasteiger partial charge in [-0.05, 0) is 43.7 Å². The highest BCUT2D eigenvalue weighted by atomic mass is 16.4. The third-order valence-corrected chi connectivity index (χ3v) is 5.39. The quantitative estimate of drug-likeness (QED) is 0.923. The Hall–Kier alpha value is -2.11. The number of hydrogen-bond acceptors (Lipinski definition) is 5. The summed E-state index contributed by atoms with van der Waals surface area (Å²) in [6.45, 7) is 1.75. The molecule has 1 N–H and O–H groups in total. The van der Waals surface area contributed by atoms with E-state index in [4.69, 9.17) is 4.42 Å². The molecule has 0 radical (unpaired) electrons. The lowest BCUT2D eigenvalue weighted by Gasteiger charge is -2.32. The molecule has 0 bridgehead atoms. The monoisotopic (exact) mass is 342 g/mol. The first-order chi connectivity index (χ1) is 12.3. The van der Waals surface area contributed by atoms with E-state index in [0.29, 0.717) is 30.0 Å². The van der Waals surface area contributed by atoms with Crippen molar-refractivity contribution in [2.45, 2.75) is 57.4 Å². The van der Waals surface area contributed by atoms with Crippen molar-refractivity contribution in [3.05, 3.63) is 18.3 Å². The molecule has 6 heteroatoms. The molecule has 134 valence electrons. The molecule has 25 heavy (non-hydrogen) atoms. The van der Waals surface area contributed by atoms with Gasteiger partial charge >= 0.3 is 0 Å². The largest absolute Gasteiger partial charge is 0.422 e. The van der Waals surface area contributed by atoms with Crippen molar-refractivity contribution >= 4 is 23.2 Å². The number of nitrogens with zero attached hydrogens (tertiary/aromatic N) is 3. The van der Waals surface area contributed by atoms with E-state index in [1.165, 1.54) is 19.3 Å². The van der Waals surface area contributed by atoms with Gasteiger partial charge in [-0.2, -0.15) is 4.98 Å². The number of pyridine rings is 1. The van der Waals surface area contributed by atoms with Crippen LogP contribution in [0.5, 0.6) is 0 Å². The topological polar surface area (TPSA) is 71.3 Å². The van der Waals surface area contributed by atoms with Crippen LogP contribution < -0.4 is 10.2 Å². The third-order valence-electron chi connectivity index (χ3n) is 5.39. The summed E-state index contributed by atoms with van der Waals surface area (Å²) in [5.74, 6) is 0.568. The molecule has 1 atom stereocenters. The molecule has 2 fully saturated rings. The number of nitrogens with one attached hydrogen (secondary N) is 1. The molecule has 1 unspecified atom stereocenters. The molecule has 3 heterocycles. The van der Waals surface area contributed by atoms with E-state index in [1.807, 2.05) is 12.1 Å². The fourth-order valence-electron chi connectivity index (χ4n) is 4.09. The number of oxazole rings is 1. The Bertz CT molecular complexity index is 690. The lowest BCUT2D eigenvalue weighted by Crippen LogP contribution is -2.41. The van der Waals surface area contributed by atoms with Crippen LogP contribution in [0.3, 0.4) is 0 Å². The van der Waals surface area contributed by atoms with Gasteiger partial charge in [0, 0.05) is 31.7 Å². The number of anilines is 1. The summed E-state index contributed by atoms with van der Waals surface area (Å²) in [4.78, 5) is 23.3. The van der Waals surface area contributed by atoms with Crippen LogP contribution in [-0.4, -0.2) is 35.0 Å². The van der Waals surface area contributed by atoms with E-state index in [1.54, 1.807) is 6.20 Å². The molecule has 2 aliphatic rings. The number of rotatable bonds is 4. The van der Waals surface area contributed by atoms with Crippen LogP contribution in [0, 0.1) is 5.92 Å². The van der Waals surface area contributed by atoms with Crippen molar-refractivity contribution in [2.24, 2.45) is 5.92 Å². The fraction of sp³-hybridized carbons (Fsp3) is 0.632. The first kappa shape index (κ1) is 16.4. The van der Waals surface area contributed by atoms with E-state index < -0.39 is 0 Å². The van der Waals surface area contributed by atoms with Crippen molar-refractivity contribution in [1.82, 2.24) is 15.3 Å². The zero-order valence-corrected chi connectivity index (χ0v) is 14.6. The number of amides is 1. The molecule has 0 spiro atoms. The molecule has 1 aliphatic carbocycles. The lowest BCUT2D eigenvalue weighted by molar-refractivity contribution is -0.123. The van der Waals surface area contributed by atoms with Gasteiger partial charge in [0.15, 0.2) is 5.58 Å². The molecule has 1 aliphatic heterocycles. The van der Waals surface area contributed by atoms with Crippen LogP contribution in [0.15, 0.2) is 22.7 Å². The van der Waals surface area contributed by atoms with Crippen LogP contribution in [0.2, 0.25) is 0 Å². The number of carbonyl (C=O) groups is 1. The number of hydrogen-bond donors (Lipinski definition) is 1. The Labute approximate surface area is 148 Å². The van der Waals surface area contributed by atoms with Crippen LogP contribution in [0.1, 0.15) is 51.4 Å². The maximum Gasteiger partial charge on any atom is 0.299 e. The highest BCUT2D eigenvalue weighted by molar-refractivity contribution is 5.76. The summed E-state index contributed by atoms with van der Waals surface area (Å²) in [7, 11) is 0. The van der Waals surface area contributed by atoms with Crippen molar-refractivity contribution < 1.29 is 9.21 Å². The van der Waals surface area contributed by atoms with Gasteiger partial charge in [0.25, 0.3) is 6.01 Å². The Morgan fingerprint density at radius 2 is 2.12 bits per heavy atom. The van der Waals surface area contributed by atoms with Crippen molar-refractivity contribution in [2.75, 3.05) is 18.0 Å². The van der Waals surface area contributed by atoms with Gasteiger partial charge in [0.1, 0.15) is 0 Å². The van der Waals surface area contributed by atoms with E-state index in [0.717, 1.165) is 44.4 Å². The smallest absolute Gasteiger partial charge is 0.299 e. The second-order valence-electron chi connectivity index (χ2n) is 7.38. The van der Waals surface area contributed by atoms with Crippen molar-refractivity contribution in [1.29, 1.82) is 0 Å². The van der Waals surface area contributed by atoms with Gasteiger partial charge < -0.3 is 14.6 Å². The second-order valence-corrected chi connectivity index (χ2v) is 7.38. The number of piperidine rings is 1. The number of fused-ring (bicyclic) bond motifs is 1. The van der Waals surface area contributed by atoms with Gasteiger partial charge in [-0.1, -0.05) is 19.3 Å². The van der Waals surface area contributed by atoms with E-state index >= 15 is 0 Å². The summed E-state index contributed by atoms with van der Waals surface area (Å²) in [6, 6.07) is 4.76. The number of carbonyl (C=O) groups excluding carboxylic acids is 1. The second kappa shape index (κ2) is 7.42. The van der Waals surface area contributed by atoms with Crippen LogP contribution in [-0.2, 0) is 4.79 Å². The summed E-state index contributed by atoms with van der Waals surface area (Å²) in [6.07, 6.45) is 10.6. The molecule has 1 saturated carbocycles. The first-order valence-corrected chi connectivity index (χ1v) is 9.54. The fourth-order valence-corrected chi connectivity index (χ4v) is 4.09. The Balaban J connectivity index is 1.34. The molecule has 2 aromatic rings. The molecule has 4 rings (SSSR count). The minimum absolute atomic E-state index is 0.206. The van der Waals surface area contributed by atoms with Gasteiger partial charge in [0.05, 0.1) is 0 Å². The zero-order chi connectivity index (χ0) is 17.1. The predicted octanol–water partition coefficient (Wildman–Crippen LogP) is 3.28. The Morgan fingerprint density at radius 3 is 2.96 bits per heavy atom. The third kappa shape index (κ3) is 3.94. The molecule has 1 saturated heterocycles. The predicted molar refractivity (Wildman–Crippen MR) is 96.4 cm³/mol. The summed E-state index contributed by atoms with van der Waals surface area (Å²) < 4.78 is 5.83. The van der Waals surface area contributed by atoms with Gasteiger partial charge in [0.2, 0.25) is 11.6 Å². The summed E-state index contributed by atoms with van der Waals surface area (Å²) in [5.41, 5.74) is 1.37. The minimum Gasteiger partial charge on any atom is -0.422 e. The van der Waals surface area contributed by atoms with Gasteiger partial charge in [-0.3, -0.25) is 4.79 Å². The summed E-state index contributed by atoms with van der Waals surface area (Å²) >= 11 is 0. The zero-order valence-electron chi connectivity index (χ0n) is 14.6. The molecule has 2 aromatic heterocycles. The highest BCUT2D eigenvalue weighted by Gasteiger charge is 2.26. The molecule has 1 amide bonds. The maximum atomic E-state index is 12.4. The molecule has 6 nitrogen and oxygen atoms in total. The van der Waals surface area contributed by atoms with Crippen LogP contribution in [0.4, 0.5) is 6.01 Å². The Morgan fingerprint density at radius 1 is 1.24 bits per heavy atom. The lowest BCUT2D eigenvalue weighted by atomic mass is 9.93. The van der Waals surface area contributed by atoms with Gasteiger partial charge in [-0.25, -0.2) is 4.98 Å². The van der Waals surface area contributed by atoms with Crippen LogP contribution >= 0.6 is 0 Å². The van der Waals surface area contributed by atoms with Crippen molar-refractivity contribution in [3.63, 3.8) is 0 Å². The van der Waals surface area contributed by atoms with Crippen LogP contribution in [0.25, 0.3) is 11.2 Å². The average molecular weight is 342 g/mol. The standard InChI is InChI=1S/C19H26N4O2/c24-17(21-15-7-2-1-3-8-15)12-14-6-5-11-23(13-14)19-22-18-16(25-19)9-4-10-20-18/h4,9-10,14-15H,1-3,5-8,11-13H2,(H,21,24). The van der Waals surface area contributed by atoms with E-state index in [9.17, 15) is 4.79 Å². The molecular weight excluding hydrogens is 316 g/mol. The van der Waals surface area contributed by atoms with E-state index in [2.05, 4.69) is 20.2 Å². The van der Waals surface area contributed by atoms with E-state index in [-0.39, 0.29) is 5.91 Å². The summed E-state index contributed by atoms with van der Waals surface area (Å²) in [5, 5.41) is 3.24. The number of aromatic nitrogens is 2. The molecule has 0 aromatic carbocycles. The SMILES string of the molecule is O=C(CC1CCCN(c2nc3ncccc3o2)C1)NC1CCCCC1. The normalized spacial score (nSPS) is 22.2. The molecular formula is C19H26N4O2. The first-order valence-electron chi connectivity index (χ1n) is 9.54. The van der Waals surface area contributed by atoms with Crippen molar-refractivity contribution in [3.8, 4) is 0 Å². The van der Waals surface area contributed by atoms with Gasteiger partial charge in [-0.15, -0.1) is 0 Å². The highest BCUT2D eigenvalue weighted by Crippen LogP contribution is 2.27. The Kier molecular flexibility index (Phi) is 4.85. The maximum absolute atomic E-state index is 12.4. The minimum atomic E-state index is 0.206. The average Bonchev–Trinajstić information content (AvgIpc) is 3.07.